The van der Waals surface area contributed by atoms with Crippen LogP contribution >= 0.6 is 11.6 Å². The van der Waals surface area contributed by atoms with Crippen molar-refractivity contribution in [1.29, 1.82) is 0 Å². The van der Waals surface area contributed by atoms with Crippen molar-refractivity contribution in [3.8, 4) is 0 Å². The van der Waals surface area contributed by atoms with E-state index in [1.165, 1.54) is 0 Å². The summed E-state index contributed by atoms with van der Waals surface area (Å²) >= 11 is 5.99. The average Bonchev–Trinajstić information content (AvgIpc) is 2.47. The fourth-order valence-electron chi connectivity index (χ4n) is 1.38. The number of carbonyl (C=O) groups excluding carboxylic acids is 1. The van der Waals surface area contributed by atoms with Crippen LogP contribution in [0.4, 0.5) is 0 Å². The van der Waals surface area contributed by atoms with Gasteiger partial charge in [0.05, 0.1) is 10.6 Å². The van der Waals surface area contributed by atoms with E-state index in [0.717, 1.165) is 5.56 Å². The molecule has 0 unspecified atom stereocenters. The number of hydrogen-bond acceptors (Lipinski definition) is 2. The van der Waals surface area contributed by atoms with Gasteiger partial charge in [-0.25, -0.2) is 4.79 Å². The maximum absolute atomic E-state index is 11.2. The summed E-state index contributed by atoms with van der Waals surface area (Å²) in [7, 11) is 0. The molecule has 0 saturated carbocycles. The van der Waals surface area contributed by atoms with Crippen LogP contribution in [0.5, 0.6) is 0 Å². The molecule has 14 heavy (non-hydrogen) atoms. The van der Waals surface area contributed by atoms with Gasteiger partial charge in [0.2, 0.25) is 0 Å². The largest absolute Gasteiger partial charge is 0.448 e. The van der Waals surface area contributed by atoms with Gasteiger partial charge < -0.3 is 4.74 Å². The highest BCUT2D eigenvalue weighted by molar-refractivity contribution is 6.33. The Kier molecular flexibility index (Phi) is 2.30. The minimum atomic E-state index is -0.412. The number of esters is 1. The summed E-state index contributed by atoms with van der Waals surface area (Å²) < 4.78 is 5.13. The second kappa shape index (κ2) is 3.46. The number of carbonyl (C=O) groups is 1. The Morgan fingerprint density at radius 3 is 2.43 bits per heavy atom. The molecule has 1 aliphatic heterocycles. The Bertz CT molecular complexity index is 395. The Morgan fingerprint density at radius 1 is 1.29 bits per heavy atom. The Balaban J connectivity index is 2.36. The molecule has 2 nitrogen and oxygen atoms in total. The van der Waals surface area contributed by atoms with Crippen molar-refractivity contribution in [3.63, 3.8) is 0 Å². The summed E-state index contributed by atoms with van der Waals surface area (Å²) in [6, 6.07) is 9.46. The van der Waals surface area contributed by atoms with E-state index in [4.69, 9.17) is 16.3 Å². The van der Waals surface area contributed by atoms with Crippen LogP contribution in [0.2, 0.25) is 0 Å². The van der Waals surface area contributed by atoms with Crippen molar-refractivity contribution in [3.05, 3.63) is 46.5 Å². The van der Waals surface area contributed by atoms with Crippen LogP contribution in [-0.4, -0.2) is 5.97 Å². The quantitative estimate of drug-likeness (QED) is 0.664. The van der Waals surface area contributed by atoms with E-state index in [1.54, 1.807) is 6.92 Å². The predicted molar refractivity (Wildman–Crippen MR) is 53.8 cm³/mol. The predicted octanol–water partition coefficient (Wildman–Crippen LogP) is 2.80. The van der Waals surface area contributed by atoms with E-state index in [0.29, 0.717) is 10.6 Å². The molecule has 1 aromatic carbocycles. The number of benzene rings is 1. The van der Waals surface area contributed by atoms with Crippen LogP contribution in [0, 0.1) is 0 Å². The summed E-state index contributed by atoms with van der Waals surface area (Å²) in [4.78, 5) is 11.2. The van der Waals surface area contributed by atoms with E-state index in [2.05, 4.69) is 0 Å². The summed E-state index contributed by atoms with van der Waals surface area (Å²) in [5.74, 6) is -0.330. The van der Waals surface area contributed by atoms with Gasteiger partial charge in [-0.15, -0.1) is 0 Å². The molecule has 72 valence electrons. The van der Waals surface area contributed by atoms with Crippen molar-refractivity contribution >= 4 is 17.6 Å². The first kappa shape index (κ1) is 9.28. The zero-order valence-electron chi connectivity index (χ0n) is 7.66. The molecular weight excluding hydrogens is 200 g/mol. The SMILES string of the molecule is CC1=C(Cl)[C@H](c2ccccc2)OC1=O. The zero-order valence-corrected chi connectivity index (χ0v) is 8.41. The molecule has 0 spiro atoms. The Hall–Kier alpha value is -1.28. The van der Waals surface area contributed by atoms with Crippen molar-refractivity contribution in [2.75, 3.05) is 0 Å². The molecule has 0 fully saturated rings. The topological polar surface area (TPSA) is 26.3 Å². The van der Waals surface area contributed by atoms with Gasteiger partial charge in [-0.05, 0) is 12.5 Å². The molecule has 0 aliphatic carbocycles. The van der Waals surface area contributed by atoms with Crippen LogP contribution in [0.15, 0.2) is 40.9 Å². The Morgan fingerprint density at radius 2 is 1.93 bits per heavy atom. The fourth-order valence-corrected chi connectivity index (χ4v) is 1.63. The number of cyclic esters (lactones) is 1. The number of halogens is 1. The van der Waals surface area contributed by atoms with Crippen molar-refractivity contribution in [2.45, 2.75) is 13.0 Å². The van der Waals surface area contributed by atoms with Crippen LogP contribution in [0.25, 0.3) is 0 Å². The maximum atomic E-state index is 11.2. The first-order valence-electron chi connectivity index (χ1n) is 4.32. The maximum Gasteiger partial charge on any atom is 0.336 e. The van der Waals surface area contributed by atoms with Gasteiger partial charge >= 0.3 is 5.97 Å². The summed E-state index contributed by atoms with van der Waals surface area (Å²) in [5, 5.41) is 0.487. The summed E-state index contributed by atoms with van der Waals surface area (Å²) in [5.41, 5.74) is 1.41. The van der Waals surface area contributed by atoms with Gasteiger partial charge in [-0.1, -0.05) is 41.9 Å². The molecule has 0 saturated heterocycles. The van der Waals surface area contributed by atoms with Crippen LogP contribution in [-0.2, 0) is 9.53 Å². The minimum absolute atomic E-state index is 0.330. The highest BCUT2D eigenvalue weighted by atomic mass is 35.5. The monoisotopic (exact) mass is 208 g/mol. The van der Waals surface area contributed by atoms with Crippen molar-refractivity contribution < 1.29 is 9.53 Å². The van der Waals surface area contributed by atoms with Crippen LogP contribution < -0.4 is 0 Å². The molecule has 3 heteroatoms. The lowest BCUT2D eigenvalue weighted by atomic mass is 10.1. The second-order valence-corrected chi connectivity index (χ2v) is 3.58. The van der Waals surface area contributed by atoms with E-state index >= 15 is 0 Å². The van der Waals surface area contributed by atoms with Gasteiger partial charge in [-0.3, -0.25) is 0 Å². The van der Waals surface area contributed by atoms with Crippen LogP contribution in [0.1, 0.15) is 18.6 Å². The molecule has 0 radical (unpaired) electrons. The lowest BCUT2D eigenvalue weighted by Gasteiger charge is -2.09. The van der Waals surface area contributed by atoms with Crippen LogP contribution in [0.3, 0.4) is 0 Å². The lowest BCUT2D eigenvalue weighted by Crippen LogP contribution is -2.01. The molecule has 0 N–H and O–H groups in total. The molecule has 1 atom stereocenters. The standard InChI is InChI=1S/C11H9ClO2/c1-7-9(12)10(14-11(7)13)8-5-3-2-4-6-8/h2-6,10H,1H3/t10-/m0/s1. The van der Waals surface area contributed by atoms with Gasteiger partial charge in [0.25, 0.3) is 0 Å². The molecule has 2 rings (SSSR count). The van der Waals surface area contributed by atoms with E-state index in [9.17, 15) is 4.79 Å². The number of hydrogen-bond donors (Lipinski definition) is 0. The minimum Gasteiger partial charge on any atom is -0.448 e. The normalized spacial score (nSPS) is 21.3. The third kappa shape index (κ3) is 1.42. The van der Waals surface area contributed by atoms with Crippen molar-refractivity contribution in [2.24, 2.45) is 0 Å². The molecule has 0 amide bonds. The summed E-state index contributed by atoms with van der Waals surface area (Å²) in [6.07, 6.45) is -0.412. The van der Waals surface area contributed by atoms with Gasteiger partial charge in [0, 0.05) is 0 Å². The van der Waals surface area contributed by atoms with Gasteiger partial charge in [-0.2, -0.15) is 0 Å². The molecule has 1 aliphatic rings. The van der Waals surface area contributed by atoms with E-state index in [1.807, 2.05) is 30.3 Å². The first-order chi connectivity index (χ1) is 6.70. The third-order valence-corrected chi connectivity index (χ3v) is 2.70. The van der Waals surface area contributed by atoms with Gasteiger partial charge in [0.1, 0.15) is 0 Å². The molecule has 1 heterocycles. The third-order valence-electron chi connectivity index (χ3n) is 2.22. The number of rotatable bonds is 1. The highest BCUT2D eigenvalue weighted by Gasteiger charge is 2.31. The fraction of sp³-hybridized carbons (Fsp3) is 0.182. The average molecular weight is 209 g/mol. The first-order valence-corrected chi connectivity index (χ1v) is 4.70. The molecule has 0 aromatic heterocycles. The number of ether oxygens (including phenoxy) is 1. The van der Waals surface area contributed by atoms with Gasteiger partial charge in [0.15, 0.2) is 6.10 Å². The molecule has 0 bridgehead atoms. The zero-order chi connectivity index (χ0) is 10.1. The smallest absolute Gasteiger partial charge is 0.336 e. The molecular formula is C11H9ClO2. The second-order valence-electron chi connectivity index (χ2n) is 3.17. The van der Waals surface area contributed by atoms with E-state index < -0.39 is 6.10 Å². The lowest BCUT2D eigenvalue weighted by molar-refractivity contribution is -0.139. The summed E-state index contributed by atoms with van der Waals surface area (Å²) in [6.45, 7) is 1.67. The molecule has 1 aromatic rings. The Labute approximate surface area is 87.1 Å². The highest BCUT2D eigenvalue weighted by Crippen LogP contribution is 2.36. The van der Waals surface area contributed by atoms with Crippen molar-refractivity contribution in [1.82, 2.24) is 0 Å². The van der Waals surface area contributed by atoms with E-state index in [-0.39, 0.29) is 5.97 Å².